The van der Waals surface area contributed by atoms with Gasteiger partial charge in [-0.25, -0.2) is 4.99 Å². The largest absolute Gasteiger partial charge is 0.233 e. The molecule has 1 fully saturated rings. The Morgan fingerprint density at radius 3 is 2.58 bits per heavy atom. The molecule has 0 aliphatic heterocycles. The van der Waals surface area contributed by atoms with Crippen molar-refractivity contribution in [2.45, 2.75) is 32.1 Å². The number of hydrogen-bond acceptors (Lipinski definition) is 2. The number of hydrogen-bond donors (Lipinski definition) is 0. The van der Waals surface area contributed by atoms with Crippen molar-refractivity contribution in [3.05, 3.63) is 29.3 Å². The fourth-order valence-corrected chi connectivity index (χ4v) is 3.40. The molecular weight excluding hydrogens is 274 g/mol. The van der Waals surface area contributed by atoms with Crippen LogP contribution in [0.15, 0.2) is 29.3 Å². The lowest BCUT2D eigenvalue weighted by Gasteiger charge is -2.20. The van der Waals surface area contributed by atoms with Crippen LogP contribution in [-0.4, -0.2) is 10.8 Å². The van der Waals surface area contributed by atoms with Gasteiger partial charge in [0.05, 0.1) is 5.69 Å². The van der Waals surface area contributed by atoms with E-state index in [4.69, 9.17) is 18.0 Å². The minimum absolute atomic E-state index is 0.719. The molecule has 2 rings (SSSR count). The molecule has 19 heavy (non-hydrogen) atoms. The van der Waals surface area contributed by atoms with Gasteiger partial charge in [-0.1, -0.05) is 42.6 Å². The summed E-state index contributed by atoms with van der Waals surface area (Å²) in [5, 5.41) is 1.49. The van der Waals surface area contributed by atoms with Gasteiger partial charge in [0.25, 0.3) is 0 Å². The van der Waals surface area contributed by atoms with E-state index >= 15 is 0 Å². The summed E-state index contributed by atoms with van der Waals surface area (Å²) in [6.45, 7) is 0. The van der Waals surface area contributed by atoms with E-state index in [0.717, 1.165) is 27.4 Å². The highest BCUT2D eigenvalue weighted by Gasteiger charge is 2.14. The average Bonchev–Trinajstić information content (AvgIpc) is 2.46. The molecule has 0 N–H and O–H groups in total. The van der Waals surface area contributed by atoms with Crippen molar-refractivity contribution in [2.24, 2.45) is 10.9 Å². The second-order valence-electron chi connectivity index (χ2n) is 4.85. The van der Waals surface area contributed by atoms with Crippen LogP contribution in [-0.2, 0) is 0 Å². The van der Waals surface area contributed by atoms with E-state index < -0.39 is 0 Å². The first-order chi connectivity index (χ1) is 9.28. The van der Waals surface area contributed by atoms with Crippen molar-refractivity contribution < 1.29 is 0 Å². The quantitative estimate of drug-likeness (QED) is 0.417. The van der Waals surface area contributed by atoms with Crippen LogP contribution in [0.4, 0.5) is 5.69 Å². The molecule has 0 unspecified atom stereocenters. The molecule has 0 spiro atoms. The summed E-state index contributed by atoms with van der Waals surface area (Å²) < 4.78 is 0. The third kappa shape index (κ3) is 4.93. The van der Waals surface area contributed by atoms with E-state index in [1.165, 1.54) is 32.1 Å². The topological polar surface area (TPSA) is 12.4 Å². The fourth-order valence-electron chi connectivity index (χ4n) is 2.29. The summed E-state index contributed by atoms with van der Waals surface area (Å²) in [5.74, 6) is 4.59. The molecule has 0 saturated heterocycles. The highest BCUT2D eigenvalue weighted by molar-refractivity contribution is 8.14. The van der Waals surface area contributed by atoms with Crippen molar-refractivity contribution >= 4 is 34.1 Å². The van der Waals surface area contributed by atoms with Crippen molar-refractivity contribution in [3.63, 3.8) is 0 Å². The average molecular weight is 292 g/mol. The fraction of sp³-hybridized carbons (Fsp3) is 0.438. The Morgan fingerprint density at radius 1 is 1.26 bits per heavy atom. The Hall–Kier alpha value is -0.910. The molecule has 1 aliphatic carbocycles. The highest BCUT2D eigenvalue weighted by Crippen LogP contribution is 2.27. The summed E-state index contributed by atoms with van der Waals surface area (Å²) in [6.07, 6.45) is 12.3. The number of rotatable bonds is 3. The Labute approximate surface area is 124 Å². The van der Waals surface area contributed by atoms with Gasteiger partial charge < -0.3 is 0 Å². The van der Waals surface area contributed by atoms with Crippen LogP contribution in [0.3, 0.4) is 0 Å². The SMILES string of the molecule is C#CC(=Nc1ccc(Cl)cc1)SCC1CCCCC1. The summed E-state index contributed by atoms with van der Waals surface area (Å²) in [5.41, 5.74) is 0.869. The predicted molar refractivity (Wildman–Crippen MR) is 86.4 cm³/mol. The molecule has 0 radical (unpaired) electrons. The Bertz CT molecular complexity index is 467. The van der Waals surface area contributed by atoms with E-state index in [2.05, 4.69) is 10.9 Å². The smallest absolute Gasteiger partial charge is 0.146 e. The third-order valence-electron chi connectivity index (χ3n) is 3.36. The molecule has 1 aromatic carbocycles. The molecule has 1 aromatic rings. The summed E-state index contributed by atoms with van der Waals surface area (Å²) >= 11 is 7.56. The second kappa shape index (κ2) is 7.62. The van der Waals surface area contributed by atoms with E-state index in [0.29, 0.717) is 0 Å². The summed E-state index contributed by atoms with van der Waals surface area (Å²) in [4.78, 5) is 4.49. The van der Waals surface area contributed by atoms with Gasteiger partial charge in [-0.2, -0.15) is 0 Å². The maximum Gasteiger partial charge on any atom is 0.146 e. The third-order valence-corrected chi connectivity index (χ3v) is 4.73. The molecular formula is C16H18ClNS. The van der Waals surface area contributed by atoms with Crippen molar-refractivity contribution in [1.82, 2.24) is 0 Å². The maximum absolute atomic E-state index is 5.85. The first-order valence-electron chi connectivity index (χ1n) is 6.71. The van der Waals surface area contributed by atoms with Crippen LogP contribution in [0.25, 0.3) is 0 Å². The van der Waals surface area contributed by atoms with Crippen LogP contribution >= 0.6 is 23.4 Å². The first-order valence-corrected chi connectivity index (χ1v) is 8.08. The van der Waals surface area contributed by atoms with Crippen molar-refractivity contribution in [2.75, 3.05) is 5.75 Å². The molecule has 100 valence electrons. The maximum atomic E-state index is 5.85. The Balaban J connectivity index is 1.92. The number of thioether (sulfide) groups is 1. The normalized spacial score (nSPS) is 17.2. The molecule has 3 heteroatoms. The van der Waals surface area contributed by atoms with Gasteiger partial charge >= 0.3 is 0 Å². The molecule has 0 aromatic heterocycles. The summed E-state index contributed by atoms with van der Waals surface area (Å²) in [7, 11) is 0. The zero-order valence-corrected chi connectivity index (χ0v) is 12.5. The first kappa shape index (κ1) is 14.5. The van der Waals surface area contributed by atoms with Gasteiger partial charge in [0.1, 0.15) is 5.04 Å². The lowest BCUT2D eigenvalue weighted by Crippen LogP contribution is -2.09. The highest BCUT2D eigenvalue weighted by atomic mass is 35.5. The lowest BCUT2D eigenvalue weighted by molar-refractivity contribution is 0.391. The Morgan fingerprint density at radius 2 is 1.95 bits per heavy atom. The van der Waals surface area contributed by atoms with Crippen molar-refractivity contribution in [3.8, 4) is 12.3 Å². The number of halogens is 1. The standard InChI is InChI=1S/C16H18ClNS/c1-2-16(18-15-10-8-14(17)9-11-15)19-12-13-6-4-3-5-7-13/h1,8-11,13H,3-7,12H2. The number of terminal acetylenes is 1. The molecule has 1 aliphatic rings. The van der Waals surface area contributed by atoms with Crippen LogP contribution in [0.5, 0.6) is 0 Å². The van der Waals surface area contributed by atoms with Crippen LogP contribution in [0.1, 0.15) is 32.1 Å². The zero-order valence-electron chi connectivity index (χ0n) is 10.9. The molecule has 0 bridgehead atoms. The van der Waals surface area contributed by atoms with Gasteiger partial charge in [0, 0.05) is 10.8 Å². The van der Waals surface area contributed by atoms with Gasteiger partial charge in [0.2, 0.25) is 0 Å². The van der Waals surface area contributed by atoms with Crippen LogP contribution in [0, 0.1) is 18.3 Å². The van der Waals surface area contributed by atoms with Crippen molar-refractivity contribution in [1.29, 1.82) is 0 Å². The molecule has 0 amide bonds. The second-order valence-corrected chi connectivity index (χ2v) is 6.30. The van der Waals surface area contributed by atoms with Crippen LogP contribution < -0.4 is 0 Å². The minimum atomic E-state index is 0.719. The number of aliphatic imine (C=N–C) groups is 1. The molecule has 0 heterocycles. The monoisotopic (exact) mass is 291 g/mol. The van der Waals surface area contributed by atoms with Gasteiger partial charge in [-0.05, 0) is 48.9 Å². The van der Waals surface area contributed by atoms with Gasteiger partial charge in [-0.3, -0.25) is 0 Å². The summed E-state index contributed by atoms with van der Waals surface area (Å²) in [6, 6.07) is 7.45. The lowest BCUT2D eigenvalue weighted by atomic mass is 9.91. The van der Waals surface area contributed by atoms with Gasteiger partial charge in [-0.15, -0.1) is 6.42 Å². The van der Waals surface area contributed by atoms with E-state index in [1.54, 1.807) is 11.8 Å². The predicted octanol–water partition coefficient (Wildman–Crippen LogP) is 5.32. The number of benzene rings is 1. The Kier molecular flexibility index (Phi) is 5.82. The molecule has 0 atom stereocenters. The minimum Gasteiger partial charge on any atom is -0.233 e. The number of nitrogens with zero attached hydrogens (tertiary/aromatic N) is 1. The molecule has 1 nitrogen and oxygen atoms in total. The van der Waals surface area contributed by atoms with E-state index in [1.807, 2.05) is 24.3 Å². The van der Waals surface area contributed by atoms with Crippen LogP contribution in [0.2, 0.25) is 5.02 Å². The van der Waals surface area contributed by atoms with E-state index in [9.17, 15) is 0 Å². The molecule has 1 saturated carbocycles. The zero-order chi connectivity index (χ0) is 13.5. The van der Waals surface area contributed by atoms with E-state index in [-0.39, 0.29) is 0 Å². The van der Waals surface area contributed by atoms with Gasteiger partial charge in [0.15, 0.2) is 0 Å².